The van der Waals surface area contributed by atoms with Crippen LogP contribution >= 0.6 is 11.6 Å². The second kappa shape index (κ2) is 11.1. The van der Waals surface area contributed by atoms with Crippen molar-refractivity contribution >= 4 is 49.5 Å². The van der Waals surface area contributed by atoms with Gasteiger partial charge in [0.25, 0.3) is 5.95 Å². The largest absolute Gasteiger partial charge is 0.465 e. The van der Waals surface area contributed by atoms with E-state index in [4.69, 9.17) is 16.4 Å². The number of carbonyl (C=O) groups is 1. The lowest BCUT2D eigenvalue weighted by atomic mass is 10.2. The number of methoxy groups -OCH3 is 1. The maximum absolute atomic E-state index is 13.7. The van der Waals surface area contributed by atoms with Crippen LogP contribution < -0.4 is 10.0 Å². The number of sulfonamides is 2. The van der Waals surface area contributed by atoms with Crippen LogP contribution in [-0.4, -0.2) is 57.1 Å². The summed E-state index contributed by atoms with van der Waals surface area (Å²) >= 11 is 6.08. The Morgan fingerprint density at radius 1 is 0.919 bits per heavy atom. The van der Waals surface area contributed by atoms with Crippen molar-refractivity contribution in [1.82, 2.24) is 14.7 Å². The standard InChI is InChI=1S/C22H22ClN5O7S2/c1-14-13-15(2)25-21(24-14)26-22(27-36(30,31)19-12-8-6-10-17(19)23)28(35-4)37(32,33)18-11-7-5-9-16(18)20(29)34-3/h5-13H,1-4H3,(H,24,25,26,27)/p+1. The van der Waals surface area contributed by atoms with Crippen molar-refractivity contribution in [2.45, 2.75) is 23.6 Å². The van der Waals surface area contributed by atoms with E-state index < -0.39 is 36.9 Å². The second-order valence-corrected chi connectivity index (χ2v) is 11.2. The van der Waals surface area contributed by atoms with Gasteiger partial charge in [0.05, 0.1) is 17.7 Å². The maximum Gasteiger partial charge on any atom is 0.421 e. The molecule has 0 fully saturated rings. The highest BCUT2D eigenvalue weighted by Gasteiger charge is 2.37. The molecule has 0 bridgehead atoms. The summed E-state index contributed by atoms with van der Waals surface area (Å²) in [7, 11) is -7.14. The van der Waals surface area contributed by atoms with E-state index in [1.54, 1.807) is 19.9 Å². The summed E-state index contributed by atoms with van der Waals surface area (Å²) in [6.45, 7) is 3.34. The third-order valence-electron chi connectivity index (χ3n) is 4.71. The molecular weight excluding hydrogens is 546 g/mol. The smallest absolute Gasteiger partial charge is 0.421 e. The molecule has 0 aliphatic carbocycles. The molecule has 15 heteroatoms. The Bertz CT molecular complexity index is 1570. The van der Waals surface area contributed by atoms with E-state index in [-0.39, 0.29) is 25.6 Å². The van der Waals surface area contributed by atoms with Crippen LogP contribution in [0.15, 0.2) is 64.4 Å². The molecular formula is C22H23ClN5O7S2+. The van der Waals surface area contributed by atoms with Crippen LogP contribution in [0.25, 0.3) is 0 Å². The molecule has 0 amide bonds. The number of nitrogens with zero attached hydrogens (tertiary/aromatic N) is 3. The van der Waals surface area contributed by atoms with E-state index in [2.05, 4.69) is 24.7 Å². The number of esters is 1. The van der Waals surface area contributed by atoms with E-state index in [0.717, 1.165) is 20.3 Å². The monoisotopic (exact) mass is 568 g/mol. The van der Waals surface area contributed by atoms with Crippen molar-refractivity contribution in [2.24, 2.45) is 0 Å². The van der Waals surface area contributed by atoms with Crippen molar-refractivity contribution in [3.05, 3.63) is 76.6 Å². The zero-order valence-electron chi connectivity index (χ0n) is 20.1. The van der Waals surface area contributed by atoms with Gasteiger partial charge >= 0.3 is 32.0 Å². The summed E-state index contributed by atoms with van der Waals surface area (Å²) in [6.07, 6.45) is 0. The fraction of sp³-hybridized carbons (Fsp3) is 0.182. The lowest BCUT2D eigenvalue weighted by molar-refractivity contribution is -0.667. The summed E-state index contributed by atoms with van der Waals surface area (Å²) in [5.41, 5.74) is 0.736. The molecule has 0 saturated heterocycles. The molecule has 0 atom stereocenters. The van der Waals surface area contributed by atoms with Crippen LogP contribution in [0.2, 0.25) is 5.02 Å². The average molecular weight is 569 g/mol. The molecule has 3 rings (SSSR count). The van der Waals surface area contributed by atoms with Crippen LogP contribution in [-0.2, 0) is 29.6 Å². The van der Waals surface area contributed by atoms with Crippen LogP contribution in [0, 0.1) is 13.8 Å². The average Bonchev–Trinajstić information content (AvgIpc) is 2.83. The molecule has 0 aliphatic heterocycles. The molecule has 2 aromatic carbocycles. The van der Waals surface area contributed by atoms with Gasteiger partial charge in [-0.15, -0.1) is 0 Å². The number of hydrogen-bond donors (Lipinski definition) is 2. The molecule has 196 valence electrons. The third-order valence-corrected chi connectivity index (χ3v) is 8.23. The fourth-order valence-corrected chi connectivity index (χ4v) is 6.18. The Morgan fingerprint density at radius 3 is 2.05 bits per heavy atom. The van der Waals surface area contributed by atoms with Gasteiger partial charge in [-0.2, -0.15) is 21.6 Å². The molecule has 0 saturated carbocycles. The molecule has 1 heterocycles. The minimum Gasteiger partial charge on any atom is -0.465 e. The van der Waals surface area contributed by atoms with Gasteiger partial charge in [0.1, 0.15) is 16.9 Å². The minimum atomic E-state index is -4.75. The number of aromatic nitrogens is 2. The number of carbonyl (C=O) groups excluding carboxylic acids is 1. The van der Waals surface area contributed by atoms with Crippen LogP contribution in [0.5, 0.6) is 0 Å². The lowest BCUT2D eigenvalue weighted by Crippen LogP contribution is -2.45. The first-order valence-corrected chi connectivity index (χ1v) is 13.7. The summed E-state index contributed by atoms with van der Waals surface area (Å²) in [5, 5.41) is 2.45. The highest BCUT2D eigenvalue weighted by Crippen LogP contribution is 2.22. The van der Waals surface area contributed by atoms with Crippen LogP contribution in [0.3, 0.4) is 0 Å². The molecule has 3 aromatic rings. The van der Waals surface area contributed by atoms with Gasteiger partial charge in [0.2, 0.25) is 0 Å². The second-order valence-electron chi connectivity index (χ2n) is 7.39. The molecule has 2 N–H and O–H groups in total. The summed E-state index contributed by atoms with van der Waals surface area (Å²) in [5.74, 6) is -1.78. The van der Waals surface area contributed by atoms with E-state index in [1.807, 2.05) is 0 Å². The first kappa shape index (κ1) is 27.8. The predicted octanol–water partition coefficient (Wildman–Crippen LogP) is 2.24. The van der Waals surface area contributed by atoms with Crippen molar-refractivity contribution < 1.29 is 35.3 Å². The van der Waals surface area contributed by atoms with Crippen LogP contribution in [0.4, 0.5) is 5.95 Å². The molecule has 0 aliphatic rings. The Hall–Kier alpha value is -3.75. The van der Waals surface area contributed by atoms with E-state index in [1.165, 1.54) is 42.5 Å². The van der Waals surface area contributed by atoms with E-state index in [0.29, 0.717) is 11.4 Å². The van der Waals surface area contributed by atoms with E-state index in [9.17, 15) is 21.6 Å². The zero-order valence-corrected chi connectivity index (χ0v) is 22.5. The Labute approximate surface area is 219 Å². The van der Waals surface area contributed by atoms with Gasteiger partial charge in [-0.1, -0.05) is 35.9 Å². The highest BCUT2D eigenvalue weighted by atomic mass is 35.5. The Balaban J connectivity index is 2.27. The summed E-state index contributed by atoms with van der Waals surface area (Å²) in [6, 6.07) is 12.4. The SMILES string of the molecule is COC(=O)c1ccccc1S(=O)(=O)[N+](OC)=C(Nc1nc(C)cc(C)n1)NS(=O)(=O)c1ccccc1Cl. The fourth-order valence-electron chi connectivity index (χ4n) is 3.21. The van der Waals surface area contributed by atoms with Gasteiger partial charge in [0, 0.05) is 15.5 Å². The summed E-state index contributed by atoms with van der Waals surface area (Å²) < 4.78 is 61.0. The van der Waals surface area contributed by atoms with Crippen molar-refractivity contribution in [1.29, 1.82) is 0 Å². The van der Waals surface area contributed by atoms with Gasteiger partial charge in [-0.05, 0) is 44.2 Å². The number of ether oxygens (including phenoxy) is 1. The van der Waals surface area contributed by atoms with Crippen LogP contribution in [0.1, 0.15) is 21.7 Å². The first-order valence-electron chi connectivity index (χ1n) is 10.4. The number of aryl methyl sites for hydroxylation is 2. The molecule has 1 aromatic heterocycles. The van der Waals surface area contributed by atoms with Crippen molar-refractivity contribution in [3.8, 4) is 0 Å². The Kier molecular flexibility index (Phi) is 8.35. The number of hydrogen-bond acceptors (Lipinski definition) is 9. The molecule has 12 nitrogen and oxygen atoms in total. The third kappa shape index (κ3) is 6.15. The number of benzene rings is 2. The number of anilines is 1. The van der Waals surface area contributed by atoms with Crippen molar-refractivity contribution in [3.63, 3.8) is 0 Å². The van der Waals surface area contributed by atoms with Gasteiger partial charge in [-0.25, -0.2) is 20.1 Å². The van der Waals surface area contributed by atoms with E-state index >= 15 is 0 Å². The maximum atomic E-state index is 13.7. The molecule has 37 heavy (non-hydrogen) atoms. The van der Waals surface area contributed by atoms with Gasteiger partial charge in [-0.3, -0.25) is 0 Å². The predicted molar refractivity (Wildman–Crippen MR) is 134 cm³/mol. The number of rotatable bonds is 7. The van der Waals surface area contributed by atoms with Gasteiger partial charge in [0.15, 0.2) is 0 Å². The number of guanidine groups is 1. The summed E-state index contributed by atoms with van der Waals surface area (Å²) in [4.78, 5) is 24.9. The molecule has 0 radical (unpaired) electrons. The molecule has 0 unspecified atom stereocenters. The normalized spacial score (nSPS) is 12.4. The zero-order chi connectivity index (χ0) is 27.4. The van der Waals surface area contributed by atoms with Crippen molar-refractivity contribution in [2.75, 3.05) is 19.5 Å². The lowest BCUT2D eigenvalue weighted by Gasteiger charge is -2.14. The topological polar surface area (TPSA) is 157 Å². The Morgan fingerprint density at radius 2 is 1.49 bits per heavy atom. The minimum absolute atomic E-state index is 0.111. The van der Waals surface area contributed by atoms with Gasteiger partial charge < -0.3 is 9.57 Å². The quantitative estimate of drug-likeness (QED) is 0.142. The first-order chi connectivity index (χ1) is 17.4. The number of halogens is 1. The molecule has 0 spiro atoms. The highest BCUT2D eigenvalue weighted by molar-refractivity contribution is 7.90. The number of nitrogens with one attached hydrogen (secondary N) is 2.